The number of amides is 1. The molecule has 6 heteroatoms. The first-order chi connectivity index (χ1) is 14.0. The van der Waals surface area contributed by atoms with E-state index in [2.05, 4.69) is 10.3 Å². The van der Waals surface area contributed by atoms with Crippen molar-refractivity contribution in [1.29, 1.82) is 0 Å². The highest BCUT2D eigenvalue weighted by molar-refractivity contribution is 5.86. The molecule has 3 aromatic rings. The SMILES string of the molecule is Cc1cccc(OCCCCC(=O)NC(Cc2c[nH]c3ccccc23)C(=O)O)c1. The predicted octanol–water partition coefficient (Wildman–Crippen LogP) is 3.84. The Kier molecular flexibility index (Phi) is 6.89. The Morgan fingerprint density at radius 1 is 1.14 bits per heavy atom. The molecule has 152 valence electrons. The van der Waals surface area contributed by atoms with E-state index in [0.717, 1.165) is 34.2 Å². The molecule has 1 heterocycles. The monoisotopic (exact) mass is 394 g/mol. The number of hydrogen-bond donors (Lipinski definition) is 3. The zero-order valence-corrected chi connectivity index (χ0v) is 16.5. The second-order valence-electron chi connectivity index (χ2n) is 7.14. The van der Waals surface area contributed by atoms with Crippen molar-refractivity contribution in [2.75, 3.05) is 6.61 Å². The number of fused-ring (bicyclic) bond motifs is 1. The van der Waals surface area contributed by atoms with Gasteiger partial charge < -0.3 is 20.1 Å². The van der Waals surface area contributed by atoms with Crippen LogP contribution < -0.4 is 10.1 Å². The molecule has 0 spiro atoms. The Bertz CT molecular complexity index is 980. The maximum Gasteiger partial charge on any atom is 0.326 e. The first-order valence-electron chi connectivity index (χ1n) is 9.79. The molecule has 1 amide bonds. The summed E-state index contributed by atoms with van der Waals surface area (Å²) in [6.45, 7) is 2.53. The van der Waals surface area contributed by atoms with Crippen molar-refractivity contribution < 1.29 is 19.4 Å². The van der Waals surface area contributed by atoms with Gasteiger partial charge in [0, 0.05) is 29.9 Å². The maximum atomic E-state index is 12.2. The first kappa shape index (κ1) is 20.5. The van der Waals surface area contributed by atoms with Crippen LogP contribution in [-0.2, 0) is 16.0 Å². The molecule has 0 bridgehead atoms. The smallest absolute Gasteiger partial charge is 0.326 e. The Labute approximate surface area is 169 Å². The number of aromatic amines is 1. The average molecular weight is 394 g/mol. The minimum atomic E-state index is -1.04. The van der Waals surface area contributed by atoms with Gasteiger partial charge in [0.2, 0.25) is 5.91 Å². The van der Waals surface area contributed by atoms with Crippen LogP contribution in [0.4, 0.5) is 0 Å². The van der Waals surface area contributed by atoms with Crippen LogP contribution in [0, 0.1) is 6.92 Å². The molecule has 29 heavy (non-hydrogen) atoms. The van der Waals surface area contributed by atoms with Crippen LogP contribution >= 0.6 is 0 Å². The molecule has 0 aliphatic heterocycles. The van der Waals surface area contributed by atoms with Gasteiger partial charge in [0.25, 0.3) is 0 Å². The number of aliphatic carboxylic acids is 1. The summed E-state index contributed by atoms with van der Waals surface area (Å²) in [5.41, 5.74) is 2.96. The molecule has 0 saturated carbocycles. The number of nitrogens with one attached hydrogen (secondary N) is 2. The molecule has 1 unspecified atom stereocenters. The summed E-state index contributed by atoms with van der Waals surface area (Å²) in [6.07, 6.45) is 3.67. The summed E-state index contributed by atoms with van der Waals surface area (Å²) >= 11 is 0. The number of rotatable bonds is 10. The van der Waals surface area contributed by atoms with Crippen molar-refractivity contribution in [2.45, 2.75) is 38.6 Å². The molecule has 1 aromatic heterocycles. The molecule has 0 aliphatic carbocycles. The molecule has 0 radical (unpaired) electrons. The van der Waals surface area contributed by atoms with E-state index in [1.807, 2.05) is 55.5 Å². The van der Waals surface area contributed by atoms with Crippen LogP contribution in [0.5, 0.6) is 5.75 Å². The third kappa shape index (κ3) is 5.85. The Hall–Kier alpha value is -3.28. The number of para-hydroxylation sites is 1. The topological polar surface area (TPSA) is 91.4 Å². The number of carboxylic acid groups (broad SMARTS) is 1. The van der Waals surface area contributed by atoms with Crippen molar-refractivity contribution in [1.82, 2.24) is 10.3 Å². The highest BCUT2D eigenvalue weighted by Gasteiger charge is 2.21. The number of benzene rings is 2. The summed E-state index contributed by atoms with van der Waals surface area (Å²) < 4.78 is 5.67. The van der Waals surface area contributed by atoms with Gasteiger partial charge >= 0.3 is 5.97 Å². The zero-order chi connectivity index (χ0) is 20.6. The van der Waals surface area contributed by atoms with Gasteiger partial charge in [0.1, 0.15) is 11.8 Å². The molecule has 3 N–H and O–H groups in total. The summed E-state index contributed by atoms with van der Waals surface area (Å²) in [7, 11) is 0. The molecule has 2 aromatic carbocycles. The van der Waals surface area contributed by atoms with Gasteiger partial charge in [-0.2, -0.15) is 0 Å². The molecule has 0 fully saturated rings. The second-order valence-corrected chi connectivity index (χ2v) is 7.14. The van der Waals surface area contributed by atoms with Gasteiger partial charge in [0.05, 0.1) is 6.61 Å². The van der Waals surface area contributed by atoms with Crippen LogP contribution in [0.15, 0.2) is 54.7 Å². The van der Waals surface area contributed by atoms with E-state index in [0.29, 0.717) is 13.0 Å². The lowest BCUT2D eigenvalue weighted by atomic mass is 10.0. The van der Waals surface area contributed by atoms with Crippen molar-refractivity contribution in [2.24, 2.45) is 0 Å². The Balaban J connectivity index is 1.44. The summed E-state index contributed by atoms with van der Waals surface area (Å²) in [5, 5.41) is 13.1. The molecule has 6 nitrogen and oxygen atoms in total. The van der Waals surface area contributed by atoms with E-state index in [1.54, 1.807) is 6.20 Å². The number of aromatic nitrogens is 1. The fourth-order valence-corrected chi connectivity index (χ4v) is 3.27. The van der Waals surface area contributed by atoms with E-state index in [1.165, 1.54) is 0 Å². The van der Waals surface area contributed by atoms with E-state index in [-0.39, 0.29) is 18.7 Å². The predicted molar refractivity (Wildman–Crippen MR) is 112 cm³/mol. The number of unbranched alkanes of at least 4 members (excludes halogenated alkanes) is 1. The van der Waals surface area contributed by atoms with Crippen molar-refractivity contribution in [3.8, 4) is 5.75 Å². The number of ether oxygens (including phenoxy) is 1. The number of carboxylic acids is 1. The molecule has 3 rings (SSSR count). The van der Waals surface area contributed by atoms with Gasteiger partial charge in [-0.25, -0.2) is 4.79 Å². The number of carbonyl (C=O) groups excluding carboxylic acids is 1. The highest BCUT2D eigenvalue weighted by Crippen LogP contribution is 2.19. The van der Waals surface area contributed by atoms with E-state index >= 15 is 0 Å². The fourth-order valence-electron chi connectivity index (χ4n) is 3.27. The maximum absolute atomic E-state index is 12.2. The normalized spacial score (nSPS) is 11.9. The van der Waals surface area contributed by atoms with Gasteiger partial charge in [0.15, 0.2) is 0 Å². The molecule has 0 aliphatic rings. The lowest BCUT2D eigenvalue weighted by Crippen LogP contribution is -2.42. The third-order valence-electron chi connectivity index (χ3n) is 4.79. The Morgan fingerprint density at radius 3 is 2.76 bits per heavy atom. The van der Waals surface area contributed by atoms with Gasteiger partial charge in [-0.15, -0.1) is 0 Å². The number of H-pyrrole nitrogens is 1. The average Bonchev–Trinajstić information content (AvgIpc) is 3.10. The minimum absolute atomic E-state index is 0.238. The summed E-state index contributed by atoms with van der Waals surface area (Å²) in [4.78, 5) is 26.9. The van der Waals surface area contributed by atoms with E-state index in [9.17, 15) is 14.7 Å². The van der Waals surface area contributed by atoms with Gasteiger partial charge in [-0.3, -0.25) is 4.79 Å². The largest absolute Gasteiger partial charge is 0.494 e. The van der Waals surface area contributed by atoms with Crippen molar-refractivity contribution in [3.63, 3.8) is 0 Å². The lowest BCUT2D eigenvalue weighted by Gasteiger charge is -2.14. The highest BCUT2D eigenvalue weighted by atomic mass is 16.5. The molecular weight excluding hydrogens is 368 g/mol. The van der Waals surface area contributed by atoms with Crippen LogP contribution in [0.3, 0.4) is 0 Å². The van der Waals surface area contributed by atoms with Crippen LogP contribution in [0.1, 0.15) is 30.4 Å². The minimum Gasteiger partial charge on any atom is -0.494 e. The van der Waals surface area contributed by atoms with Gasteiger partial charge in [-0.05, 0) is 49.1 Å². The van der Waals surface area contributed by atoms with Crippen LogP contribution in [-0.4, -0.2) is 34.6 Å². The first-order valence-corrected chi connectivity index (χ1v) is 9.79. The van der Waals surface area contributed by atoms with E-state index in [4.69, 9.17) is 4.74 Å². The summed E-state index contributed by atoms with van der Waals surface area (Å²) in [6, 6.07) is 14.6. The van der Waals surface area contributed by atoms with Crippen LogP contribution in [0.25, 0.3) is 10.9 Å². The van der Waals surface area contributed by atoms with E-state index < -0.39 is 12.0 Å². The molecule has 1 atom stereocenters. The lowest BCUT2D eigenvalue weighted by molar-refractivity contribution is -0.141. The van der Waals surface area contributed by atoms with Crippen molar-refractivity contribution >= 4 is 22.8 Å². The molecular formula is C23H26N2O4. The van der Waals surface area contributed by atoms with Gasteiger partial charge in [-0.1, -0.05) is 30.3 Å². The number of aryl methyl sites for hydroxylation is 1. The van der Waals surface area contributed by atoms with Crippen LogP contribution in [0.2, 0.25) is 0 Å². The second kappa shape index (κ2) is 9.78. The number of hydrogen-bond acceptors (Lipinski definition) is 3. The standard InChI is InChI=1S/C23H26N2O4/c1-16-7-6-8-18(13-16)29-12-5-4-11-22(26)25-21(23(27)28)14-17-15-24-20-10-3-2-9-19(17)20/h2-3,6-10,13,15,21,24H,4-5,11-12,14H2,1H3,(H,25,26)(H,27,28). The zero-order valence-electron chi connectivity index (χ0n) is 16.5. The van der Waals surface area contributed by atoms with Crippen molar-refractivity contribution in [3.05, 3.63) is 65.9 Å². The quantitative estimate of drug-likeness (QED) is 0.456. The fraction of sp³-hybridized carbons (Fsp3) is 0.304. The molecule has 0 saturated heterocycles. The summed E-state index contributed by atoms with van der Waals surface area (Å²) in [5.74, 6) is -0.474. The Morgan fingerprint density at radius 2 is 1.97 bits per heavy atom. The number of carbonyl (C=O) groups is 2. The third-order valence-corrected chi connectivity index (χ3v) is 4.79.